The molecule has 156 valence electrons. The maximum atomic E-state index is 11.8. The highest BCUT2D eigenvalue weighted by Crippen LogP contribution is 2.23. The number of nitrogens with one attached hydrogen (secondary N) is 1. The molecule has 27 heavy (non-hydrogen) atoms. The third kappa shape index (κ3) is 11.9. The van der Waals surface area contributed by atoms with Crippen LogP contribution in [0.25, 0.3) is 0 Å². The van der Waals surface area contributed by atoms with Crippen LogP contribution in [-0.4, -0.2) is 54.0 Å². The summed E-state index contributed by atoms with van der Waals surface area (Å²) in [5.74, 6) is -1.24. The number of carbonyl (C=O) groups is 3. The molecule has 0 radical (unpaired) electrons. The second kappa shape index (κ2) is 12.2. The zero-order chi connectivity index (χ0) is 20.3. The molecule has 0 aliphatic carbocycles. The van der Waals surface area contributed by atoms with Crippen molar-refractivity contribution in [2.45, 2.75) is 76.4 Å². The fourth-order valence-electron chi connectivity index (χ4n) is 2.33. The molecule has 1 aliphatic rings. The highest BCUT2D eigenvalue weighted by molar-refractivity contribution is 8.00. The first kappa shape index (κ1) is 23.7. The number of hydrogen-bond acceptors (Lipinski definition) is 8. The van der Waals surface area contributed by atoms with Gasteiger partial charge >= 0.3 is 18.0 Å². The molecule has 0 saturated carbocycles. The van der Waals surface area contributed by atoms with Crippen LogP contribution in [0.3, 0.4) is 0 Å². The van der Waals surface area contributed by atoms with Crippen molar-refractivity contribution in [3.63, 3.8) is 0 Å². The fraction of sp³-hybridized carbons (Fsp3) is 0.833. The van der Waals surface area contributed by atoms with Gasteiger partial charge in [-0.15, -0.1) is 11.8 Å². The summed E-state index contributed by atoms with van der Waals surface area (Å²) >= 11 is 1.35. The zero-order valence-electron chi connectivity index (χ0n) is 16.5. The predicted molar refractivity (Wildman–Crippen MR) is 103 cm³/mol. The maximum Gasteiger partial charge on any atom is 0.407 e. The molecule has 1 saturated heterocycles. The lowest BCUT2D eigenvalue weighted by atomic mass is 10.1. The number of carbonyl (C=O) groups excluding carboxylic acids is 3. The van der Waals surface area contributed by atoms with Crippen LogP contribution in [0, 0.1) is 0 Å². The first-order valence-electron chi connectivity index (χ1n) is 9.37. The van der Waals surface area contributed by atoms with E-state index in [9.17, 15) is 14.4 Å². The molecule has 1 amide bonds. The molecule has 1 aliphatic heterocycles. The highest BCUT2D eigenvalue weighted by Gasteiger charge is 2.21. The first-order chi connectivity index (χ1) is 12.7. The Morgan fingerprint density at radius 3 is 2.63 bits per heavy atom. The molecule has 3 N–H and O–H groups in total. The molecule has 0 spiro atoms. The number of esters is 2. The summed E-state index contributed by atoms with van der Waals surface area (Å²) in [7, 11) is 0. The molecule has 0 aromatic rings. The van der Waals surface area contributed by atoms with Crippen molar-refractivity contribution in [1.82, 2.24) is 5.32 Å². The van der Waals surface area contributed by atoms with Gasteiger partial charge in [0.25, 0.3) is 0 Å². The van der Waals surface area contributed by atoms with Crippen LogP contribution in [0.15, 0.2) is 0 Å². The van der Waals surface area contributed by atoms with Gasteiger partial charge < -0.3 is 25.3 Å². The topological polar surface area (TPSA) is 117 Å². The minimum atomic E-state index is -0.855. The van der Waals surface area contributed by atoms with E-state index in [4.69, 9.17) is 19.9 Å². The monoisotopic (exact) mass is 404 g/mol. The van der Waals surface area contributed by atoms with Crippen molar-refractivity contribution < 1.29 is 28.6 Å². The van der Waals surface area contributed by atoms with Crippen molar-refractivity contribution in [3.8, 4) is 0 Å². The Labute approximate surface area is 165 Å². The third-order valence-corrected chi connectivity index (χ3v) is 4.80. The number of thioether (sulfide) groups is 1. The van der Waals surface area contributed by atoms with Crippen LogP contribution in [0.2, 0.25) is 0 Å². The Bertz CT molecular complexity index is 489. The second-order valence-electron chi connectivity index (χ2n) is 7.43. The highest BCUT2D eigenvalue weighted by atomic mass is 32.2. The lowest BCUT2D eigenvalue weighted by Gasteiger charge is -2.21. The van der Waals surface area contributed by atoms with Crippen LogP contribution in [0.1, 0.15) is 59.3 Å². The van der Waals surface area contributed by atoms with E-state index in [0.717, 1.165) is 19.3 Å². The van der Waals surface area contributed by atoms with Crippen LogP contribution in [0.5, 0.6) is 0 Å². The van der Waals surface area contributed by atoms with Crippen molar-refractivity contribution in [2.24, 2.45) is 5.73 Å². The Balaban J connectivity index is 2.09. The Morgan fingerprint density at radius 1 is 1.26 bits per heavy atom. The molecule has 1 rings (SSSR count). The van der Waals surface area contributed by atoms with E-state index in [-0.39, 0.29) is 11.2 Å². The van der Waals surface area contributed by atoms with Gasteiger partial charge in [0.2, 0.25) is 0 Å². The quantitative estimate of drug-likeness (QED) is 0.342. The standard InChI is InChI=1S/C18H32N2O6S/c1-18(2,3)26-17(23)20-10-6-4-8-13(19)16(22)25-14(21)12-27-15-9-5-7-11-24-15/h13,15H,4-12,19H2,1-3H3,(H,20,23)/t13-,15?/m0/s1. The molecule has 0 aromatic carbocycles. The number of unbranched alkanes of at least 4 members (excludes halogenated alkanes) is 1. The minimum absolute atomic E-state index is 0.00690. The second-order valence-corrected chi connectivity index (χ2v) is 8.58. The van der Waals surface area contributed by atoms with Crippen LogP contribution < -0.4 is 11.1 Å². The Kier molecular flexibility index (Phi) is 10.7. The lowest BCUT2D eigenvalue weighted by molar-refractivity contribution is -0.158. The summed E-state index contributed by atoms with van der Waals surface area (Å²) in [5.41, 5.74) is 5.21. The lowest BCUT2D eigenvalue weighted by Crippen LogP contribution is -2.35. The van der Waals surface area contributed by atoms with Crippen LogP contribution in [-0.2, 0) is 23.8 Å². The average Bonchev–Trinajstić information content (AvgIpc) is 2.58. The number of nitrogens with two attached hydrogens (primary N) is 1. The van der Waals surface area contributed by atoms with Gasteiger partial charge in [0, 0.05) is 13.2 Å². The van der Waals surface area contributed by atoms with Gasteiger partial charge in [-0.25, -0.2) is 9.59 Å². The molecular weight excluding hydrogens is 372 g/mol. The summed E-state index contributed by atoms with van der Waals surface area (Å²) in [6, 6.07) is -0.855. The SMILES string of the molecule is CC(C)(C)OC(=O)NCCCC[C@H](N)C(=O)OC(=O)CSC1CCCCO1. The number of ether oxygens (including phenoxy) is 3. The van der Waals surface area contributed by atoms with Crippen molar-refractivity contribution in [3.05, 3.63) is 0 Å². The molecule has 8 nitrogen and oxygen atoms in total. The summed E-state index contributed by atoms with van der Waals surface area (Å²) in [6.07, 6.45) is 4.19. The molecule has 2 atom stereocenters. The van der Waals surface area contributed by atoms with E-state index >= 15 is 0 Å². The van der Waals surface area contributed by atoms with Crippen molar-refractivity contribution >= 4 is 29.8 Å². The molecular formula is C18H32N2O6S. The third-order valence-electron chi connectivity index (χ3n) is 3.65. The number of hydrogen-bond donors (Lipinski definition) is 2. The average molecular weight is 405 g/mol. The molecule has 1 fully saturated rings. The van der Waals surface area contributed by atoms with Crippen molar-refractivity contribution in [2.75, 3.05) is 18.9 Å². The number of amides is 1. The molecule has 0 aromatic heterocycles. The zero-order valence-corrected chi connectivity index (χ0v) is 17.3. The number of rotatable bonds is 9. The normalized spacial score (nSPS) is 18.4. The molecule has 1 heterocycles. The van der Waals surface area contributed by atoms with E-state index in [2.05, 4.69) is 5.32 Å². The van der Waals surface area contributed by atoms with E-state index in [0.29, 0.717) is 32.4 Å². The maximum absolute atomic E-state index is 11.8. The summed E-state index contributed by atoms with van der Waals surface area (Å²) < 4.78 is 15.4. The van der Waals surface area contributed by atoms with Crippen molar-refractivity contribution in [1.29, 1.82) is 0 Å². The summed E-state index contributed by atoms with van der Waals surface area (Å²) in [4.78, 5) is 35.0. The predicted octanol–water partition coefficient (Wildman–Crippen LogP) is 2.34. The molecule has 9 heteroatoms. The number of alkyl carbamates (subject to hydrolysis) is 1. The van der Waals surface area contributed by atoms with Crippen LogP contribution in [0.4, 0.5) is 4.79 Å². The van der Waals surface area contributed by atoms with Gasteiger partial charge in [-0.1, -0.05) is 0 Å². The molecule has 0 bridgehead atoms. The van der Waals surface area contributed by atoms with Gasteiger partial charge in [0.05, 0.1) is 5.75 Å². The van der Waals surface area contributed by atoms with E-state index in [1.165, 1.54) is 11.8 Å². The van der Waals surface area contributed by atoms with Gasteiger partial charge in [-0.2, -0.15) is 0 Å². The molecule has 1 unspecified atom stereocenters. The van der Waals surface area contributed by atoms with E-state index in [1.54, 1.807) is 20.8 Å². The Hall–Kier alpha value is -1.32. The largest absolute Gasteiger partial charge is 0.444 e. The van der Waals surface area contributed by atoms with E-state index in [1.807, 2.05) is 0 Å². The van der Waals surface area contributed by atoms with Gasteiger partial charge in [0.1, 0.15) is 17.1 Å². The minimum Gasteiger partial charge on any atom is -0.444 e. The fourth-order valence-corrected chi connectivity index (χ4v) is 3.24. The van der Waals surface area contributed by atoms with E-state index < -0.39 is 29.7 Å². The summed E-state index contributed by atoms with van der Waals surface area (Å²) in [6.45, 7) is 6.50. The van der Waals surface area contributed by atoms with Gasteiger partial charge in [-0.3, -0.25) is 4.79 Å². The first-order valence-corrected chi connectivity index (χ1v) is 10.4. The smallest absolute Gasteiger partial charge is 0.407 e. The van der Waals surface area contributed by atoms with Gasteiger partial charge in [-0.05, 0) is 59.3 Å². The Morgan fingerprint density at radius 2 is 2.00 bits per heavy atom. The van der Waals surface area contributed by atoms with Crippen LogP contribution >= 0.6 is 11.8 Å². The van der Waals surface area contributed by atoms with Gasteiger partial charge in [0.15, 0.2) is 0 Å². The summed E-state index contributed by atoms with van der Waals surface area (Å²) in [5, 5.41) is 2.64.